The molecule has 0 amide bonds. The zero-order valence-corrected chi connectivity index (χ0v) is 6.89. The number of hydrogen-bond acceptors (Lipinski definition) is 1. The van der Waals surface area contributed by atoms with Gasteiger partial charge in [0, 0.05) is 0 Å². The summed E-state index contributed by atoms with van der Waals surface area (Å²) in [4.78, 5) is 10.1. The van der Waals surface area contributed by atoms with Gasteiger partial charge in [0.1, 0.15) is 6.29 Å². The van der Waals surface area contributed by atoms with E-state index in [9.17, 15) is 4.79 Å². The van der Waals surface area contributed by atoms with Crippen LogP contribution in [0.4, 0.5) is 0 Å². The zero-order valence-electron chi connectivity index (χ0n) is 6.89. The SMILES string of the molecule is CCCCC(=CC=O)CC. The van der Waals surface area contributed by atoms with Crippen molar-refractivity contribution in [3.8, 4) is 0 Å². The van der Waals surface area contributed by atoms with Crippen LogP contribution in [0.15, 0.2) is 11.6 Å². The third kappa shape index (κ3) is 4.30. The van der Waals surface area contributed by atoms with Gasteiger partial charge in [-0.25, -0.2) is 0 Å². The number of aldehydes is 1. The molecule has 0 aromatic heterocycles. The van der Waals surface area contributed by atoms with E-state index in [0.717, 1.165) is 19.1 Å². The standard InChI is InChI=1S/C9H16O/c1-3-5-6-9(4-2)7-8-10/h7-8H,3-6H2,1-2H3. The van der Waals surface area contributed by atoms with Gasteiger partial charge in [-0.05, 0) is 25.3 Å². The van der Waals surface area contributed by atoms with Gasteiger partial charge >= 0.3 is 0 Å². The molecule has 0 aliphatic carbocycles. The number of carbonyl (C=O) groups is 1. The average molecular weight is 140 g/mol. The normalized spacial score (nSPS) is 11.6. The van der Waals surface area contributed by atoms with E-state index in [1.807, 2.05) is 0 Å². The molecular weight excluding hydrogens is 124 g/mol. The van der Waals surface area contributed by atoms with Gasteiger partial charge in [0.2, 0.25) is 0 Å². The van der Waals surface area contributed by atoms with Gasteiger partial charge in [0.05, 0.1) is 0 Å². The van der Waals surface area contributed by atoms with Crippen molar-refractivity contribution >= 4 is 6.29 Å². The largest absolute Gasteiger partial charge is 0.299 e. The van der Waals surface area contributed by atoms with Gasteiger partial charge in [-0.3, -0.25) is 4.79 Å². The Bertz CT molecular complexity index is 114. The maximum absolute atomic E-state index is 10.1. The summed E-state index contributed by atoms with van der Waals surface area (Å²) in [6.07, 6.45) is 7.08. The first-order valence-electron chi connectivity index (χ1n) is 3.98. The van der Waals surface area contributed by atoms with Gasteiger partial charge in [-0.15, -0.1) is 0 Å². The van der Waals surface area contributed by atoms with Crippen molar-refractivity contribution < 1.29 is 4.79 Å². The van der Waals surface area contributed by atoms with Crippen LogP contribution in [0.3, 0.4) is 0 Å². The molecule has 1 nitrogen and oxygen atoms in total. The van der Waals surface area contributed by atoms with Crippen LogP contribution in [-0.4, -0.2) is 6.29 Å². The fourth-order valence-corrected chi connectivity index (χ4v) is 0.878. The molecular formula is C9H16O. The lowest BCUT2D eigenvalue weighted by atomic mass is 10.1. The monoisotopic (exact) mass is 140 g/mol. The van der Waals surface area contributed by atoms with Crippen molar-refractivity contribution in [1.82, 2.24) is 0 Å². The van der Waals surface area contributed by atoms with Crippen LogP contribution in [0.25, 0.3) is 0 Å². The average Bonchev–Trinajstić information content (AvgIpc) is 1.98. The van der Waals surface area contributed by atoms with Crippen LogP contribution in [0, 0.1) is 0 Å². The highest BCUT2D eigenvalue weighted by molar-refractivity contribution is 5.66. The second-order valence-corrected chi connectivity index (χ2v) is 2.42. The molecule has 10 heavy (non-hydrogen) atoms. The molecule has 58 valence electrons. The molecule has 0 aliphatic rings. The molecule has 0 rings (SSSR count). The highest BCUT2D eigenvalue weighted by atomic mass is 16.1. The first-order chi connectivity index (χ1) is 4.85. The van der Waals surface area contributed by atoms with E-state index in [-0.39, 0.29) is 0 Å². The lowest BCUT2D eigenvalue weighted by Crippen LogP contribution is -1.82. The van der Waals surface area contributed by atoms with E-state index in [1.54, 1.807) is 6.08 Å². The molecule has 0 aromatic carbocycles. The number of hydrogen-bond donors (Lipinski definition) is 0. The van der Waals surface area contributed by atoms with Crippen molar-refractivity contribution in [3.63, 3.8) is 0 Å². The van der Waals surface area contributed by atoms with Crippen LogP contribution in [0.5, 0.6) is 0 Å². The summed E-state index contributed by atoms with van der Waals surface area (Å²) < 4.78 is 0. The van der Waals surface area contributed by atoms with Crippen LogP contribution in [0.1, 0.15) is 39.5 Å². The molecule has 0 N–H and O–H groups in total. The van der Waals surface area contributed by atoms with Gasteiger partial charge in [0.25, 0.3) is 0 Å². The van der Waals surface area contributed by atoms with Crippen LogP contribution >= 0.6 is 0 Å². The molecule has 0 saturated heterocycles. The van der Waals surface area contributed by atoms with Crippen molar-refractivity contribution in [2.75, 3.05) is 0 Å². The predicted octanol–water partition coefficient (Wildman–Crippen LogP) is 2.71. The number of rotatable bonds is 5. The minimum Gasteiger partial charge on any atom is -0.299 e. The summed E-state index contributed by atoms with van der Waals surface area (Å²) in [5.41, 5.74) is 1.27. The molecule has 0 spiro atoms. The van der Waals surface area contributed by atoms with E-state index in [0.29, 0.717) is 0 Å². The highest BCUT2D eigenvalue weighted by Gasteiger charge is 1.91. The lowest BCUT2D eigenvalue weighted by Gasteiger charge is -1.99. The van der Waals surface area contributed by atoms with Crippen molar-refractivity contribution in [2.45, 2.75) is 39.5 Å². The summed E-state index contributed by atoms with van der Waals surface area (Å²) >= 11 is 0. The Hall–Kier alpha value is -0.590. The molecule has 0 atom stereocenters. The van der Waals surface area contributed by atoms with Gasteiger partial charge in [-0.2, -0.15) is 0 Å². The summed E-state index contributed by atoms with van der Waals surface area (Å²) in [6, 6.07) is 0. The number of allylic oxidation sites excluding steroid dienone is 2. The molecule has 0 unspecified atom stereocenters. The van der Waals surface area contributed by atoms with E-state index in [4.69, 9.17) is 0 Å². The third-order valence-corrected chi connectivity index (χ3v) is 1.61. The Kier molecular flexibility index (Phi) is 6.14. The summed E-state index contributed by atoms with van der Waals surface area (Å²) in [6.45, 7) is 4.25. The van der Waals surface area contributed by atoms with Crippen LogP contribution in [-0.2, 0) is 4.79 Å². The Morgan fingerprint density at radius 2 is 2.10 bits per heavy atom. The van der Waals surface area contributed by atoms with Gasteiger partial charge in [-0.1, -0.05) is 25.8 Å². The maximum Gasteiger partial charge on any atom is 0.142 e. The molecule has 0 saturated carbocycles. The first kappa shape index (κ1) is 9.41. The third-order valence-electron chi connectivity index (χ3n) is 1.61. The minimum atomic E-state index is 0.883. The zero-order chi connectivity index (χ0) is 7.82. The quantitative estimate of drug-likeness (QED) is 0.424. The van der Waals surface area contributed by atoms with Crippen molar-refractivity contribution in [2.24, 2.45) is 0 Å². The maximum atomic E-state index is 10.1. The Morgan fingerprint density at radius 3 is 2.50 bits per heavy atom. The predicted molar refractivity (Wildman–Crippen MR) is 44.0 cm³/mol. The molecule has 0 fully saturated rings. The Balaban J connectivity index is 3.59. The van der Waals surface area contributed by atoms with E-state index >= 15 is 0 Å². The molecule has 0 heterocycles. The molecule has 0 aliphatic heterocycles. The molecule has 0 aromatic rings. The molecule has 1 heteroatoms. The van der Waals surface area contributed by atoms with E-state index in [2.05, 4.69) is 13.8 Å². The first-order valence-corrected chi connectivity index (χ1v) is 3.98. The minimum absolute atomic E-state index is 0.883. The Labute approximate surface area is 63.1 Å². The second kappa shape index (κ2) is 6.53. The fourth-order valence-electron chi connectivity index (χ4n) is 0.878. The molecule has 0 radical (unpaired) electrons. The van der Waals surface area contributed by atoms with Crippen LogP contribution < -0.4 is 0 Å². The number of unbranched alkanes of at least 4 members (excludes halogenated alkanes) is 1. The summed E-state index contributed by atoms with van der Waals surface area (Å²) in [5, 5.41) is 0. The molecule has 0 bridgehead atoms. The number of carbonyl (C=O) groups excluding carboxylic acids is 1. The second-order valence-electron chi connectivity index (χ2n) is 2.42. The van der Waals surface area contributed by atoms with Gasteiger partial charge in [0.15, 0.2) is 0 Å². The van der Waals surface area contributed by atoms with Gasteiger partial charge < -0.3 is 0 Å². The van der Waals surface area contributed by atoms with E-state index in [1.165, 1.54) is 18.4 Å². The topological polar surface area (TPSA) is 17.1 Å². The summed E-state index contributed by atoms with van der Waals surface area (Å²) in [5.74, 6) is 0. The van der Waals surface area contributed by atoms with Crippen LogP contribution in [0.2, 0.25) is 0 Å². The highest BCUT2D eigenvalue weighted by Crippen LogP contribution is 2.09. The van der Waals surface area contributed by atoms with Crippen molar-refractivity contribution in [3.05, 3.63) is 11.6 Å². The van der Waals surface area contributed by atoms with Crippen molar-refractivity contribution in [1.29, 1.82) is 0 Å². The fraction of sp³-hybridized carbons (Fsp3) is 0.667. The summed E-state index contributed by atoms with van der Waals surface area (Å²) in [7, 11) is 0. The Morgan fingerprint density at radius 1 is 1.40 bits per heavy atom. The van der Waals surface area contributed by atoms with E-state index < -0.39 is 0 Å². The smallest absolute Gasteiger partial charge is 0.142 e. The lowest BCUT2D eigenvalue weighted by molar-refractivity contribution is -0.104.